The molecule has 7 heteroatoms. The summed E-state index contributed by atoms with van der Waals surface area (Å²) in [5, 5.41) is 0.744. The Morgan fingerprint density at radius 3 is 2.69 bits per heavy atom. The molecule has 0 fully saturated rings. The van der Waals surface area contributed by atoms with Crippen molar-refractivity contribution in [2.24, 2.45) is 0 Å². The molecule has 0 atom stereocenters. The number of carbonyl (C=O) groups excluding carboxylic acids is 1. The SMILES string of the molecule is Cc1cn(NC(=O)c2cnc(-c3cccnc3)nc2)c2ccc(F)cc12. The Labute approximate surface area is 148 Å². The van der Waals surface area contributed by atoms with Gasteiger partial charge >= 0.3 is 0 Å². The molecule has 0 unspecified atom stereocenters. The number of aromatic nitrogens is 4. The summed E-state index contributed by atoms with van der Waals surface area (Å²) in [6, 6.07) is 8.06. The van der Waals surface area contributed by atoms with Crippen molar-refractivity contribution >= 4 is 16.8 Å². The minimum absolute atomic E-state index is 0.316. The maximum absolute atomic E-state index is 13.4. The monoisotopic (exact) mass is 347 g/mol. The molecule has 3 heterocycles. The molecule has 0 bridgehead atoms. The number of pyridine rings is 1. The Kier molecular flexibility index (Phi) is 3.89. The number of nitrogens with one attached hydrogen (secondary N) is 1. The number of fused-ring (bicyclic) bond motifs is 1. The van der Waals surface area contributed by atoms with Crippen LogP contribution in [0, 0.1) is 12.7 Å². The van der Waals surface area contributed by atoms with E-state index in [2.05, 4.69) is 20.4 Å². The van der Waals surface area contributed by atoms with E-state index in [1.54, 1.807) is 35.4 Å². The van der Waals surface area contributed by atoms with E-state index >= 15 is 0 Å². The Hall–Kier alpha value is -3.61. The lowest BCUT2D eigenvalue weighted by Crippen LogP contribution is -2.22. The Morgan fingerprint density at radius 1 is 1.15 bits per heavy atom. The van der Waals surface area contributed by atoms with Gasteiger partial charge in [-0.15, -0.1) is 0 Å². The number of rotatable bonds is 3. The number of hydrogen-bond acceptors (Lipinski definition) is 4. The molecule has 0 saturated carbocycles. The highest BCUT2D eigenvalue weighted by Gasteiger charge is 2.12. The second-order valence-electron chi connectivity index (χ2n) is 5.82. The van der Waals surface area contributed by atoms with Crippen LogP contribution in [0.25, 0.3) is 22.3 Å². The zero-order chi connectivity index (χ0) is 18.1. The largest absolute Gasteiger partial charge is 0.273 e. The zero-order valence-corrected chi connectivity index (χ0v) is 13.8. The van der Waals surface area contributed by atoms with Crippen LogP contribution in [-0.2, 0) is 0 Å². The molecule has 4 rings (SSSR count). The van der Waals surface area contributed by atoms with Gasteiger partial charge in [-0.05, 0) is 42.8 Å². The van der Waals surface area contributed by atoms with Crippen LogP contribution in [0.4, 0.5) is 4.39 Å². The molecule has 0 aliphatic rings. The third kappa shape index (κ3) is 2.90. The summed E-state index contributed by atoms with van der Waals surface area (Å²) in [7, 11) is 0. The van der Waals surface area contributed by atoms with Gasteiger partial charge in [0.2, 0.25) is 0 Å². The number of amides is 1. The molecule has 26 heavy (non-hydrogen) atoms. The molecule has 3 aromatic heterocycles. The van der Waals surface area contributed by atoms with E-state index in [0.717, 1.165) is 16.5 Å². The van der Waals surface area contributed by atoms with Gasteiger partial charge in [0.1, 0.15) is 5.82 Å². The summed E-state index contributed by atoms with van der Waals surface area (Å²) in [6.45, 7) is 1.86. The number of aryl methyl sites for hydroxylation is 1. The highest BCUT2D eigenvalue weighted by Crippen LogP contribution is 2.21. The first kappa shape index (κ1) is 15.9. The van der Waals surface area contributed by atoms with Crippen LogP contribution >= 0.6 is 0 Å². The lowest BCUT2D eigenvalue weighted by molar-refractivity contribution is 0.101. The summed E-state index contributed by atoms with van der Waals surface area (Å²) < 4.78 is 15.0. The van der Waals surface area contributed by atoms with E-state index in [-0.39, 0.29) is 11.7 Å². The van der Waals surface area contributed by atoms with Crippen LogP contribution in [-0.4, -0.2) is 25.5 Å². The number of nitrogens with zero attached hydrogens (tertiary/aromatic N) is 4. The summed E-state index contributed by atoms with van der Waals surface area (Å²) in [5.74, 6) is -0.180. The second-order valence-corrected chi connectivity index (χ2v) is 5.82. The molecule has 6 nitrogen and oxygen atoms in total. The second kappa shape index (κ2) is 6.36. The highest BCUT2D eigenvalue weighted by molar-refractivity contribution is 6.00. The van der Waals surface area contributed by atoms with Gasteiger partial charge in [0.25, 0.3) is 5.91 Å². The summed E-state index contributed by atoms with van der Waals surface area (Å²) >= 11 is 0. The van der Waals surface area contributed by atoms with Gasteiger partial charge in [0.15, 0.2) is 5.82 Å². The van der Waals surface area contributed by atoms with Crippen molar-refractivity contribution in [3.05, 3.63) is 78.3 Å². The molecule has 1 amide bonds. The van der Waals surface area contributed by atoms with Gasteiger partial charge in [-0.3, -0.25) is 19.9 Å². The molecular formula is C19H14FN5O. The van der Waals surface area contributed by atoms with Crippen LogP contribution in [0.5, 0.6) is 0 Å². The van der Waals surface area contributed by atoms with Gasteiger partial charge in [-0.1, -0.05) is 0 Å². The minimum atomic E-state index is -0.357. The maximum atomic E-state index is 13.4. The lowest BCUT2D eigenvalue weighted by Gasteiger charge is -2.08. The normalized spacial score (nSPS) is 10.8. The molecule has 0 saturated heterocycles. The molecule has 0 radical (unpaired) electrons. The predicted molar refractivity (Wildman–Crippen MR) is 95.6 cm³/mol. The third-order valence-electron chi connectivity index (χ3n) is 4.02. The number of carbonyl (C=O) groups is 1. The van der Waals surface area contributed by atoms with Gasteiger partial charge in [0, 0.05) is 41.9 Å². The van der Waals surface area contributed by atoms with Gasteiger partial charge in [-0.25, -0.2) is 14.4 Å². The molecule has 0 aliphatic carbocycles. The van der Waals surface area contributed by atoms with Gasteiger partial charge in [-0.2, -0.15) is 0 Å². The molecule has 1 aromatic carbocycles. The summed E-state index contributed by atoms with van der Waals surface area (Å²) in [5.41, 5.74) is 5.43. The Bertz CT molecular complexity index is 1090. The van der Waals surface area contributed by atoms with Crippen LogP contribution in [0.15, 0.2) is 61.3 Å². The van der Waals surface area contributed by atoms with Crippen LogP contribution in [0.3, 0.4) is 0 Å². The fourth-order valence-corrected chi connectivity index (χ4v) is 2.72. The van der Waals surface area contributed by atoms with E-state index in [1.807, 2.05) is 13.0 Å². The lowest BCUT2D eigenvalue weighted by atomic mass is 10.2. The third-order valence-corrected chi connectivity index (χ3v) is 4.02. The Balaban J connectivity index is 1.59. The molecular weight excluding hydrogens is 333 g/mol. The van der Waals surface area contributed by atoms with Gasteiger partial charge in [0.05, 0.1) is 11.1 Å². The zero-order valence-electron chi connectivity index (χ0n) is 13.8. The van der Waals surface area contributed by atoms with Crippen LogP contribution in [0.2, 0.25) is 0 Å². The first-order chi connectivity index (χ1) is 12.6. The molecule has 1 N–H and O–H groups in total. The smallest absolute Gasteiger partial charge is 0.267 e. The number of hydrogen-bond donors (Lipinski definition) is 1. The van der Waals surface area contributed by atoms with Crippen LogP contribution in [0.1, 0.15) is 15.9 Å². The average Bonchev–Trinajstić information content (AvgIpc) is 2.97. The van der Waals surface area contributed by atoms with Crippen molar-refractivity contribution in [1.82, 2.24) is 19.6 Å². The molecule has 0 spiro atoms. The first-order valence-corrected chi connectivity index (χ1v) is 7.93. The first-order valence-electron chi connectivity index (χ1n) is 7.93. The van der Waals surface area contributed by atoms with Crippen LogP contribution < -0.4 is 5.43 Å². The standard InChI is InChI=1S/C19H14FN5O/c1-12-11-25(17-5-4-15(20)7-16(12)17)24-19(26)14-9-22-18(23-10-14)13-3-2-6-21-8-13/h2-11H,1H3,(H,24,26). The van der Waals surface area contributed by atoms with E-state index < -0.39 is 0 Å². The summed E-state index contributed by atoms with van der Waals surface area (Å²) in [6.07, 6.45) is 7.99. The quantitative estimate of drug-likeness (QED) is 0.617. The van der Waals surface area contributed by atoms with Crippen molar-refractivity contribution in [3.8, 4) is 11.4 Å². The molecule has 4 aromatic rings. The minimum Gasteiger partial charge on any atom is -0.267 e. The topological polar surface area (TPSA) is 72.7 Å². The number of benzene rings is 1. The van der Waals surface area contributed by atoms with E-state index in [9.17, 15) is 9.18 Å². The number of halogens is 1. The highest BCUT2D eigenvalue weighted by atomic mass is 19.1. The van der Waals surface area contributed by atoms with Crippen molar-refractivity contribution in [2.45, 2.75) is 6.92 Å². The fourth-order valence-electron chi connectivity index (χ4n) is 2.72. The molecule has 0 aliphatic heterocycles. The Morgan fingerprint density at radius 2 is 1.96 bits per heavy atom. The van der Waals surface area contributed by atoms with E-state index in [4.69, 9.17) is 0 Å². The average molecular weight is 347 g/mol. The predicted octanol–water partition coefficient (Wildman–Crippen LogP) is 3.32. The van der Waals surface area contributed by atoms with Crippen molar-refractivity contribution in [1.29, 1.82) is 0 Å². The van der Waals surface area contributed by atoms with Crippen molar-refractivity contribution < 1.29 is 9.18 Å². The van der Waals surface area contributed by atoms with Crippen molar-refractivity contribution in [2.75, 3.05) is 5.43 Å². The maximum Gasteiger partial charge on any atom is 0.273 e. The summed E-state index contributed by atoms with van der Waals surface area (Å²) in [4.78, 5) is 24.9. The molecule has 128 valence electrons. The van der Waals surface area contributed by atoms with E-state index in [1.165, 1.54) is 24.5 Å². The van der Waals surface area contributed by atoms with E-state index in [0.29, 0.717) is 16.9 Å². The van der Waals surface area contributed by atoms with Gasteiger partial charge < -0.3 is 0 Å². The fraction of sp³-hybridized carbons (Fsp3) is 0.0526. The van der Waals surface area contributed by atoms with Crippen molar-refractivity contribution in [3.63, 3.8) is 0 Å².